The van der Waals surface area contributed by atoms with Crippen LogP contribution < -0.4 is 0 Å². The van der Waals surface area contributed by atoms with Crippen LogP contribution in [-0.4, -0.2) is 12.3 Å². The van der Waals surface area contributed by atoms with Crippen molar-refractivity contribution in [3.63, 3.8) is 0 Å². The third-order valence-electron chi connectivity index (χ3n) is 3.47. The zero-order chi connectivity index (χ0) is 16.6. The van der Waals surface area contributed by atoms with E-state index in [1.807, 2.05) is 12.9 Å². The van der Waals surface area contributed by atoms with E-state index in [-0.39, 0.29) is 5.48 Å². The minimum atomic E-state index is 0. The molecule has 0 heterocycles. The molecule has 0 aliphatic carbocycles. The van der Waals surface area contributed by atoms with Crippen molar-refractivity contribution in [3.8, 4) is 0 Å². The molecular formula is C20H44O2. The maximum absolute atomic E-state index is 8.00. The fraction of sp³-hybridized carbons (Fsp3) is 0.850. The van der Waals surface area contributed by atoms with Crippen LogP contribution in [0.5, 0.6) is 0 Å². The van der Waals surface area contributed by atoms with Crippen molar-refractivity contribution in [3.05, 3.63) is 12.7 Å². The molecule has 2 heteroatoms. The molecule has 0 spiro atoms. The van der Waals surface area contributed by atoms with E-state index in [0.29, 0.717) is 0 Å². The van der Waals surface area contributed by atoms with Crippen molar-refractivity contribution in [2.45, 2.75) is 111 Å². The summed E-state index contributed by atoms with van der Waals surface area (Å²) in [6, 6.07) is 0. The number of hydrogen-bond donors (Lipinski definition) is 0. The third-order valence-corrected chi connectivity index (χ3v) is 3.47. The van der Waals surface area contributed by atoms with Crippen LogP contribution in [0.3, 0.4) is 0 Å². The number of rotatable bonds is 13. The highest BCUT2D eigenvalue weighted by molar-refractivity contribution is 5.10. The molecule has 0 aliphatic rings. The number of carbonyl (C=O) groups excluding carboxylic acids is 1. The average Bonchev–Trinajstić information content (AvgIpc) is 2.54. The van der Waals surface area contributed by atoms with Crippen molar-refractivity contribution in [2.75, 3.05) is 0 Å². The molecule has 22 heavy (non-hydrogen) atoms. The predicted molar refractivity (Wildman–Crippen MR) is 103 cm³/mol. The van der Waals surface area contributed by atoms with Crippen LogP contribution in [0, 0.1) is 0 Å². The van der Waals surface area contributed by atoms with Crippen LogP contribution in [-0.2, 0) is 4.79 Å². The van der Waals surface area contributed by atoms with Gasteiger partial charge in [0.05, 0.1) is 0 Å². The van der Waals surface area contributed by atoms with Crippen molar-refractivity contribution in [1.29, 1.82) is 0 Å². The van der Waals surface area contributed by atoms with Crippen LogP contribution >= 0.6 is 0 Å². The van der Waals surface area contributed by atoms with Crippen molar-refractivity contribution >= 4 is 6.79 Å². The van der Waals surface area contributed by atoms with Gasteiger partial charge in [-0.2, -0.15) is 0 Å². The summed E-state index contributed by atoms with van der Waals surface area (Å²) < 4.78 is 0. The zero-order valence-electron chi connectivity index (χ0n) is 15.8. The molecule has 0 aliphatic heterocycles. The van der Waals surface area contributed by atoms with E-state index < -0.39 is 0 Å². The summed E-state index contributed by atoms with van der Waals surface area (Å²) in [6.07, 6.45) is 21.7. The van der Waals surface area contributed by atoms with Crippen molar-refractivity contribution < 1.29 is 10.3 Å². The van der Waals surface area contributed by atoms with Gasteiger partial charge in [-0.05, 0) is 6.42 Å². The predicted octanol–water partition coefficient (Wildman–Crippen LogP) is 6.67. The number of allylic oxidation sites excluding steroid dienone is 1. The van der Waals surface area contributed by atoms with Gasteiger partial charge in [0.15, 0.2) is 0 Å². The highest BCUT2D eigenvalue weighted by atomic mass is 16.1. The highest BCUT2D eigenvalue weighted by Gasteiger charge is 1.90. The fourth-order valence-electron chi connectivity index (χ4n) is 2.09. The van der Waals surface area contributed by atoms with E-state index in [4.69, 9.17) is 4.79 Å². The van der Waals surface area contributed by atoms with E-state index in [0.717, 1.165) is 0 Å². The van der Waals surface area contributed by atoms with Crippen LogP contribution in [0.2, 0.25) is 0 Å². The molecule has 0 fully saturated rings. The molecule has 0 aromatic heterocycles. The largest absolute Gasteiger partial charge is 0.412 e. The Hall–Kier alpha value is -0.630. The Morgan fingerprint density at radius 2 is 0.864 bits per heavy atom. The van der Waals surface area contributed by atoms with Crippen LogP contribution in [0.15, 0.2) is 12.7 Å². The molecule has 0 radical (unpaired) electrons. The summed E-state index contributed by atoms with van der Waals surface area (Å²) in [5.74, 6) is 0. The third kappa shape index (κ3) is 42.7. The summed E-state index contributed by atoms with van der Waals surface area (Å²) in [6.45, 7) is 12.3. The number of unbranched alkanes of at least 4 members (excludes halogenated alkanes) is 12. The van der Waals surface area contributed by atoms with E-state index in [1.54, 1.807) is 0 Å². The van der Waals surface area contributed by atoms with Gasteiger partial charge in [0.25, 0.3) is 0 Å². The summed E-state index contributed by atoms with van der Waals surface area (Å²) in [5, 5.41) is 0. The number of hydrogen-bond acceptors (Lipinski definition) is 1. The first-order valence-corrected chi connectivity index (χ1v) is 9.23. The molecule has 0 aromatic rings. The second kappa shape index (κ2) is 37.0. The lowest BCUT2D eigenvalue weighted by molar-refractivity contribution is -0.0979. The van der Waals surface area contributed by atoms with Crippen molar-refractivity contribution in [2.24, 2.45) is 0 Å². The lowest BCUT2D eigenvalue weighted by atomic mass is 10.1. The van der Waals surface area contributed by atoms with Crippen LogP contribution in [0.25, 0.3) is 0 Å². The van der Waals surface area contributed by atoms with Gasteiger partial charge in [0.2, 0.25) is 0 Å². The van der Waals surface area contributed by atoms with E-state index in [9.17, 15) is 0 Å². The zero-order valence-corrected chi connectivity index (χ0v) is 15.8. The second-order valence-electron chi connectivity index (χ2n) is 5.61. The lowest BCUT2D eigenvalue weighted by Crippen LogP contribution is -1.80. The molecule has 0 bridgehead atoms. The van der Waals surface area contributed by atoms with Gasteiger partial charge in [0, 0.05) is 0 Å². The molecule has 0 saturated carbocycles. The average molecular weight is 317 g/mol. The summed E-state index contributed by atoms with van der Waals surface area (Å²) >= 11 is 0. The smallest absolute Gasteiger partial charge is 0.106 e. The maximum atomic E-state index is 8.00. The molecule has 136 valence electrons. The summed E-state index contributed by atoms with van der Waals surface area (Å²) in [4.78, 5) is 8.00. The molecule has 0 aromatic carbocycles. The Morgan fingerprint density at radius 1 is 0.591 bits per heavy atom. The van der Waals surface area contributed by atoms with Gasteiger partial charge < -0.3 is 10.3 Å². The van der Waals surface area contributed by atoms with Gasteiger partial charge in [-0.3, -0.25) is 0 Å². The summed E-state index contributed by atoms with van der Waals surface area (Å²) in [7, 11) is 0. The van der Waals surface area contributed by atoms with Crippen molar-refractivity contribution in [1.82, 2.24) is 0 Å². The normalized spacial score (nSPS) is 8.68. The maximum Gasteiger partial charge on any atom is 0.106 e. The Balaban J connectivity index is -0.000000153. The molecule has 0 saturated heterocycles. The molecular weight excluding hydrogens is 272 g/mol. The highest BCUT2D eigenvalue weighted by Crippen LogP contribution is 2.10. The van der Waals surface area contributed by atoms with E-state index in [2.05, 4.69) is 27.4 Å². The lowest BCUT2D eigenvalue weighted by Gasteiger charge is -2.00. The summed E-state index contributed by atoms with van der Waals surface area (Å²) in [5.41, 5.74) is 0. The van der Waals surface area contributed by atoms with Gasteiger partial charge >= 0.3 is 0 Å². The fourth-order valence-corrected chi connectivity index (χ4v) is 2.09. The minimum Gasteiger partial charge on any atom is -0.412 e. The second-order valence-corrected chi connectivity index (χ2v) is 5.61. The molecule has 0 amide bonds. The first-order valence-electron chi connectivity index (χ1n) is 9.23. The molecule has 2 N–H and O–H groups in total. The Labute approximate surface area is 141 Å². The van der Waals surface area contributed by atoms with E-state index in [1.165, 1.54) is 89.9 Å². The molecule has 0 rings (SSSR count). The monoisotopic (exact) mass is 316 g/mol. The van der Waals surface area contributed by atoms with Gasteiger partial charge in [-0.15, -0.1) is 6.58 Å². The molecule has 0 atom stereocenters. The first kappa shape index (κ1) is 29.4. The number of carbonyl (C=O) groups is 1. The quantitative estimate of drug-likeness (QED) is 0.276. The molecule has 0 unspecified atom stereocenters. The van der Waals surface area contributed by atoms with Gasteiger partial charge in [-0.1, -0.05) is 110 Å². The topological polar surface area (TPSA) is 48.6 Å². The van der Waals surface area contributed by atoms with Crippen LogP contribution in [0.1, 0.15) is 111 Å². The first-order chi connectivity index (χ1) is 10.3. The Morgan fingerprint density at radius 3 is 1.05 bits per heavy atom. The minimum absolute atomic E-state index is 0. The SMILES string of the molecule is C=CCCCC.C=O.CCCCCCCCCCCCC.O. The Bertz CT molecular complexity index is 148. The van der Waals surface area contributed by atoms with Gasteiger partial charge in [-0.25, -0.2) is 0 Å². The van der Waals surface area contributed by atoms with Crippen LogP contribution in [0.4, 0.5) is 0 Å². The Kier molecular flexibility index (Phi) is 49.4. The van der Waals surface area contributed by atoms with E-state index >= 15 is 0 Å². The van der Waals surface area contributed by atoms with Gasteiger partial charge in [0.1, 0.15) is 6.79 Å². The molecule has 2 nitrogen and oxygen atoms in total. The standard InChI is InChI=1S/C13H28.C6H12.CH2O.H2O/c1-3-5-7-9-11-13-12-10-8-6-4-2;1-3-5-6-4-2;1-2;/h3-13H2,1-2H3;3H,1,4-6H2,2H3;1H2;1H2.